The number of nitrogens with one attached hydrogen (secondary N) is 2. The Morgan fingerprint density at radius 1 is 1.53 bits per heavy atom. The smallest absolute Gasteiger partial charge is 0.221 e. The summed E-state index contributed by atoms with van der Waals surface area (Å²) in [5, 5.41) is 7.04. The molecule has 3 nitrogen and oxygen atoms in total. The normalized spacial score (nSPS) is 25.9. The molecule has 2 N–H and O–H groups in total. The van der Waals surface area contributed by atoms with Gasteiger partial charge in [-0.05, 0) is 26.0 Å². The Labute approximate surface area is 96.8 Å². The highest BCUT2D eigenvalue weighted by atomic mass is 32.2. The number of hydrogen-bond acceptors (Lipinski definition) is 3. The average Bonchev–Trinajstić information content (AvgIpc) is 2.50. The number of rotatable bonds is 5. The number of hydrogen-bond donors (Lipinski definition) is 2. The minimum Gasteiger partial charge on any atom is -0.354 e. The first-order chi connectivity index (χ1) is 7.09. The maximum Gasteiger partial charge on any atom is 0.221 e. The van der Waals surface area contributed by atoms with Gasteiger partial charge in [0.15, 0.2) is 0 Å². The van der Waals surface area contributed by atoms with Gasteiger partial charge in [0.2, 0.25) is 5.91 Å². The predicted molar refractivity (Wildman–Crippen MR) is 66.2 cm³/mol. The molecule has 0 aromatic rings. The van der Waals surface area contributed by atoms with Gasteiger partial charge in [-0.15, -0.1) is 0 Å². The van der Waals surface area contributed by atoms with E-state index in [-0.39, 0.29) is 11.9 Å². The number of thioether (sulfide) groups is 1. The topological polar surface area (TPSA) is 41.1 Å². The van der Waals surface area contributed by atoms with Crippen molar-refractivity contribution in [2.24, 2.45) is 0 Å². The molecule has 0 radical (unpaired) electrons. The van der Waals surface area contributed by atoms with Crippen molar-refractivity contribution in [1.82, 2.24) is 10.6 Å². The van der Waals surface area contributed by atoms with Crippen molar-refractivity contribution in [1.29, 1.82) is 0 Å². The van der Waals surface area contributed by atoms with Crippen LogP contribution in [0.15, 0.2) is 0 Å². The lowest BCUT2D eigenvalue weighted by molar-refractivity contribution is -0.121. The van der Waals surface area contributed by atoms with Gasteiger partial charge in [-0.25, -0.2) is 0 Å². The Morgan fingerprint density at radius 3 is 2.80 bits per heavy atom. The molecule has 0 aromatic heterocycles. The van der Waals surface area contributed by atoms with E-state index >= 15 is 0 Å². The summed E-state index contributed by atoms with van der Waals surface area (Å²) in [5.41, 5.74) is 0. The van der Waals surface area contributed by atoms with E-state index < -0.39 is 0 Å². The van der Waals surface area contributed by atoms with Crippen molar-refractivity contribution in [3.63, 3.8) is 0 Å². The molecule has 0 aromatic carbocycles. The summed E-state index contributed by atoms with van der Waals surface area (Å²) in [7, 11) is 0. The number of carbonyl (C=O) groups excluding carboxylic acids is 1. The first kappa shape index (κ1) is 12.8. The Kier molecular flexibility index (Phi) is 5.47. The Bertz CT molecular complexity index is 209. The van der Waals surface area contributed by atoms with Crippen molar-refractivity contribution >= 4 is 17.7 Å². The van der Waals surface area contributed by atoms with Gasteiger partial charge < -0.3 is 10.6 Å². The molecular weight excluding hydrogens is 208 g/mol. The zero-order chi connectivity index (χ0) is 11.3. The highest BCUT2D eigenvalue weighted by Gasteiger charge is 2.22. The first-order valence-electron chi connectivity index (χ1n) is 5.74. The van der Waals surface area contributed by atoms with Gasteiger partial charge in [0, 0.05) is 30.3 Å². The summed E-state index contributed by atoms with van der Waals surface area (Å²) in [4.78, 5) is 11.4. The van der Waals surface area contributed by atoms with Gasteiger partial charge in [0.05, 0.1) is 0 Å². The Balaban J connectivity index is 2.08. The summed E-state index contributed by atoms with van der Waals surface area (Å²) >= 11 is 2.01. The van der Waals surface area contributed by atoms with Gasteiger partial charge in [0.25, 0.3) is 0 Å². The minimum atomic E-state index is 0.149. The first-order valence-corrected chi connectivity index (χ1v) is 6.79. The molecule has 1 aliphatic heterocycles. The van der Waals surface area contributed by atoms with E-state index in [0.717, 1.165) is 6.54 Å². The predicted octanol–water partition coefficient (Wildman–Crippen LogP) is 1.38. The standard InChI is InChI=1S/C11H22N2OS/c1-8(2)13-11(14)4-6-12-10-5-7-15-9(10)3/h8-10,12H,4-7H2,1-3H3,(H,13,14). The van der Waals surface area contributed by atoms with Gasteiger partial charge in [0.1, 0.15) is 0 Å². The molecule has 1 saturated heterocycles. The SMILES string of the molecule is CC(C)NC(=O)CCNC1CCSC1C. The maximum atomic E-state index is 11.4. The summed E-state index contributed by atoms with van der Waals surface area (Å²) in [6, 6.07) is 0.848. The molecule has 1 amide bonds. The zero-order valence-corrected chi connectivity index (χ0v) is 10.7. The van der Waals surface area contributed by atoms with Crippen LogP contribution in [-0.4, -0.2) is 35.5 Å². The highest BCUT2D eigenvalue weighted by molar-refractivity contribution is 8.00. The van der Waals surface area contributed by atoms with Crippen LogP contribution in [0.25, 0.3) is 0 Å². The van der Waals surface area contributed by atoms with E-state index in [1.54, 1.807) is 0 Å². The second-order valence-electron chi connectivity index (χ2n) is 4.40. The molecule has 1 rings (SSSR count). The summed E-state index contributed by atoms with van der Waals surface area (Å²) in [6.45, 7) is 7.03. The zero-order valence-electron chi connectivity index (χ0n) is 9.88. The number of carbonyl (C=O) groups is 1. The van der Waals surface area contributed by atoms with Crippen molar-refractivity contribution < 1.29 is 4.79 Å². The van der Waals surface area contributed by atoms with Gasteiger partial charge in [-0.1, -0.05) is 6.92 Å². The van der Waals surface area contributed by atoms with Crippen LogP contribution in [0.1, 0.15) is 33.6 Å². The third kappa shape index (κ3) is 4.89. The van der Waals surface area contributed by atoms with Crippen molar-refractivity contribution in [2.45, 2.75) is 50.9 Å². The molecule has 0 bridgehead atoms. The van der Waals surface area contributed by atoms with Crippen LogP contribution in [0.2, 0.25) is 0 Å². The highest BCUT2D eigenvalue weighted by Crippen LogP contribution is 2.25. The lowest BCUT2D eigenvalue weighted by Crippen LogP contribution is -2.37. The summed E-state index contributed by atoms with van der Waals surface area (Å²) in [5.74, 6) is 1.40. The monoisotopic (exact) mass is 230 g/mol. The largest absolute Gasteiger partial charge is 0.354 e. The molecular formula is C11H22N2OS. The van der Waals surface area contributed by atoms with Crippen LogP contribution in [0.4, 0.5) is 0 Å². The quantitative estimate of drug-likeness (QED) is 0.750. The molecule has 0 aliphatic carbocycles. The maximum absolute atomic E-state index is 11.4. The second-order valence-corrected chi connectivity index (χ2v) is 5.88. The van der Waals surface area contributed by atoms with Crippen LogP contribution >= 0.6 is 11.8 Å². The molecule has 2 atom stereocenters. The Hall–Kier alpha value is -0.220. The molecule has 0 spiro atoms. The Morgan fingerprint density at radius 2 is 2.27 bits per heavy atom. The van der Waals surface area contributed by atoms with Crippen molar-refractivity contribution in [3.8, 4) is 0 Å². The molecule has 1 heterocycles. The number of amides is 1. The lowest BCUT2D eigenvalue weighted by atomic mass is 10.1. The minimum absolute atomic E-state index is 0.149. The van der Waals surface area contributed by atoms with E-state index in [2.05, 4.69) is 17.6 Å². The van der Waals surface area contributed by atoms with Gasteiger partial charge >= 0.3 is 0 Å². The summed E-state index contributed by atoms with van der Waals surface area (Å²) < 4.78 is 0. The van der Waals surface area contributed by atoms with Gasteiger partial charge in [-0.2, -0.15) is 11.8 Å². The van der Waals surface area contributed by atoms with Crippen LogP contribution in [0.3, 0.4) is 0 Å². The van der Waals surface area contributed by atoms with Crippen LogP contribution in [0, 0.1) is 0 Å². The average molecular weight is 230 g/mol. The van der Waals surface area contributed by atoms with Crippen molar-refractivity contribution in [3.05, 3.63) is 0 Å². The van der Waals surface area contributed by atoms with E-state index in [1.165, 1.54) is 12.2 Å². The fourth-order valence-electron chi connectivity index (χ4n) is 1.77. The molecule has 88 valence electrons. The van der Waals surface area contributed by atoms with Gasteiger partial charge in [-0.3, -0.25) is 4.79 Å². The van der Waals surface area contributed by atoms with E-state index in [1.807, 2.05) is 25.6 Å². The second kappa shape index (κ2) is 6.38. The fraction of sp³-hybridized carbons (Fsp3) is 0.909. The molecule has 15 heavy (non-hydrogen) atoms. The fourth-order valence-corrected chi connectivity index (χ4v) is 2.99. The molecule has 1 fully saturated rings. The van der Waals surface area contributed by atoms with E-state index in [9.17, 15) is 4.79 Å². The molecule has 4 heteroatoms. The van der Waals surface area contributed by atoms with E-state index in [4.69, 9.17) is 0 Å². The van der Waals surface area contributed by atoms with Crippen LogP contribution < -0.4 is 10.6 Å². The van der Waals surface area contributed by atoms with Crippen LogP contribution in [0.5, 0.6) is 0 Å². The molecule has 2 unspecified atom stereocenters. The van der Waals surface area contributed by atoms with Crippen molar-refractivity contribution in [2.75, 3.05) is 12.3 Å². The summed E-state index contributed by atoms with van der Waals surface area (Å²) in [6.07, 6.45) is 1.82. The van der Waals surface area contributed by atoms with Crippen LogP contribution in [-0.2, 0) is 4.79 Å². The molecule has 1 aliphatic rings. The molecule has 0 saturated carbocycles. The third-order valence-corrected chi connectivity index (χ3v) is 3.91. The third-order valence-electron chi connectivity index (χ3n) is 2.58. The van der Waals surface area contributed by atoms with E-state index in [0.29, 0.717) is 17.7 Å². The lowest BCUT2D eigenvalue weighted by Gasteiger charge is -2.16.